The highest BCUT2D eigenvalue weighted by Crippen LogP contribution is 2.58. The number of aromatic amines is 2. The molecule has 2 aromatic heterocycles. The number of ether oxygens (including phenoxy) is 2. The number of H-pyrrole nitrogens is 2. The van der Waals surface area contributed by atoms with E-state index in [0.717, 1.165) is 83.9 Å². The van der Waals surface area contributed by atoms with Gasteiger partial charge >= 0.3 is 12.2 Å². The lowest BCUT2D eigenvalue weighted by Gasteiger charge is -2.37. The normalized spacial score (nSPS) is 22.2. The number of imidazole rings is 1. The SMILES string of the molecule is COC(=O)N[C@H](C(=O)N1CC2(CC2)C[C@H]1c1ncc(-c2ccc3cc(-c4ccc5c(=O)[nH]c([C@@H]6C[C@@H]7CCCC[C@@H]7N6C(=O)[C@@H](NC(=O)OC)C(C)C)nc5c4)ccc3c2)[nH]1)C(C)C. The van der Waals surface area contributed by atoms with Gasteiger partial charge in [-0.1, -0.05) is 70.9 Å². The van der Waals surface area contributed by atoms with Crippen molar-refractivity contribution in [2.75, 3.05) is 20.8 Å². The zero-order valence-corrected chi connectivity index (χ0v) is 37.4. The summed E-state index contributed by atoms with van der Waals surface area (Å²) in [4.78, 5) is 86.7. The third-order valence-electron chi connectivity index (χ3n) is 14.3. The van der Waals surface area contributed by atoms with Gasteiger partial charge in [0, 0.05) is 18.2 Å². The van der Waals surface area contributed by atoms with Crippen LogP contribution in [-0.4, -0.2) is 92.6 Å². The van der Waals surface area contributed by atoms with Crippen LogP contribution in [0.3, 0.4) is 0 Å². The molecule has 15 heteroatoms. The van der Waals surface area contributed by atoms with Gasteiger partial charge in [-0.05, 0) is 108 Å². The topological polar surface area (TPSA) is 192 Å². The van der Waals surface area contributed by atoms with Crippen molar-refractivity contribution >= 4 is 45.7 Å². The summed E-state index contributed by atoms with van der Waals surface area (Å²) >= 11 is 0. The standard InChI is InChI=1S/C49H58N8O7/c1-26(2)40(53-47(61)63-5)45(59)56-25-49(17-18-49)23-39(56)42-50-24-36(52-42)32-14-13-28-19-29(11-12-30(28)20-32)31-15-16-34-35(21-31)51-43(55-44(34)58)38-22-33-9-7-8-10-37(33)57(38)46(60)41(27(3)4)54-48(62)64-6/h11-16,19-21,24,26-27,33,37-41H,7-10,17-18,22-23,25H2,1-6H3,(H,50,52)(H,53,61)(H,54,62)(H,51,55,58)/t33-,37-,38-,39-,40-,41-/m0/s1. The predicted octanol–water partition coefficient (Wildman–Crippen LogP) is 7.78. The summed E-state index contributed by atoms with van der Waals surface area (Å²) in [5.74, 6) is 0.849. The number of methoxy groups -OCH3 is 2. The molecule has 0 unspecified atom stereocenters. The van der Waals surface area contributed by atoms with Crippen molar-refractivity contribution in [2.45, 2.75) is 109 Å². The van der Waals surface area contributed by atoms with Gasteiger partial charge in [-0.3, -0.25) is 14.4 Å². The molecule has 4 aliphatic rings. The van der Waals surface area contributed by atoms with E-state index in [-0.39, 0.29) is 52.6 Å². The molecule has 3 aromatic carbocycles. The first-order valence-corrected chi connectivity index (χ1v) is 22.7. The van der Waals surface area contributed by atoms with Crippen LogP contribution in [0.4, 0.5) is 9.59 Å². The smallest absolute Gasteiger partial charge is 0.407 e. The summed E-state index contributed by atoms with van der Waals surface area (Å²) in [5, 5.41) is 8.04. The second-order valence-electron chi connectivity index (χ2n) is 19.2. The summed E-state index contributed by atoms with van der Waals surface area (Å²) in [7, 11) is 2.58. The van der Waals surface area contributed by atoms with Crippen LogP contribution >= 0.6 is 0 Å². The lowest BCUT2D eigenvalue weighted by molar-refractivity contribution is -0.138. The minimum absolute atomic E-state index is 0.00301. The van der Waals surface area contributed by atoms with Crippen molar-refractivity contribution in [1.29, 1.82) is 0 Å². The number of rotatable bonds is 10. The molecule has 2 aliphatic heterocycles. The molecule has 4 N–H and O–H groups in total. The van der Waals surface area contributed by atoms with E-state index in [1.807, 2.05) is 55.8 Å². The molecule has 6 atom stereocenters. The highest BCUT2D eigenvalue weighted by Gasteiger charge is 2.55. The van der Waals surface area contributed by atoms with Crippen LogP contribution in [0.1, 0.15) is 103 Å². The summed E-state index contributed by atoms with van der Waals surface area (Å²) < 4.78 is 9.70. The first-order valence-electron chi connectivity index (χ1n) is 22.7. The molecule has 1 spiro atoms. The van der Waals surface area contributed by atoms with Crippen LogP contribution < -0.4 is 16.2 Å². The summed E-state index contributed by atoms with van der Waals surface area (Å²) in [6.07, 6.45) is 8.16. The Balaban J connectivity index is 0.972. The van der Waals surface area contributed by atoms with Gasteiger partial charge in [-0.25, -0.2) is 19.6 Å². The maximum absolute atomic E-state index is 14.4. The molecule has 4 heterocycles. The molecular formula is C49H58N8O7. The Morgan fingerprint density at radius 3 is 2.06 bits per heavy atom. The number of benzene rings is 3. The second kappa shape index (κ2) is 17.0. The lowest BCUT2D eigenvalue weighted by Crippen LogP contribution is -2.54. The molecule has 15 nitrogen and oxygen atoms in total. The Morgan fingerprint density at radius 2 is 1.39 bits per heavy atom. The Bertz CT molecular complexity index is 2690. The van der Waals surface area contributed by atoms with Crippen LogP contribution in [0.15, 0.2) is 65.6 Å². The average Bonchev–Trinajstić information content (AvgIpc) is 3.58. The van der Waals surface area contributed by atoms with E-state index in [1.54, 1.807) is 6.07 Å². The zero-order valence-electron chi connectivity index (χ0n) is 37.4. The third kappa shape index (κ3) is 8.09. The minimum atomic E-state index is -0.785. The number of amides is 4. The first kappa shape index (κ1) is 43.0. The van der Waals surface area contributed by atoms with Crippen LogP contribution in [-0.2, 0) is 19.1 Å². The van der Waals surface area contributed by atoms with Crippen LogP contribution in [0, 0.1) is 23.2 Å². The lowest BCUT2D eigenvalue weighted by atomic mass is 9.84. The molecule has 4 fully saturated rings. The van der Waals surface area contributed by atoms with E-state index in [1.165, 1.54) is 14.2 Å². The number of nitrogens with zero attached hydrogens (tertiary/aromatic N) is 4. The second-order valence-corrected chi connectivity index (χ2v) is 19.2. The molecule has 0 bridgehead atoms. The molecule has 5 aromatic rings. The predicted molar refractivity (Wildman–Crippen MR) is 242 cm³/mol. The van der Waals surface area contributed by atoms with Gasteiger partial charge in [0.2, 0.25) is 11.8 Å². The van der Waals surface area contributed by atoms with Crippen molar-refractivity contribution in [3.63, 3.8) is 0 Å². The Kier molecular flexibility index (Phi) is 11.5. The number of aromatic nitrogens is 4. The van der Waals surface area contributed by atoms with Crippen molar-refractivity contribution < 1.29 is 28.7 Å². The Morgan fingerprint density at radius 1 is 0.766 bits per heavy atom. The fraction of sp³-hybridized carbons (Fsp3) is 0.490. The van der Waals surface area contributed by atoms with E-state index in [2.05, 4.69) is 57.0 Å². The van der Waals surface area contributed by atoms with Gasteiger partial charge in [0.15, 0.2) is 0 Å². The molecule has 9 rings (SSSR count). The number of hydrogen-bond donors (Lipinski definition) is 4. The fourth-order valence-corrected chi connectivity index (χ4v) is 10.6. The maximum Gasteiger partial charge on any atom is 0.407 e. The molecule has 0 radical (unpaired) electrons. The number of carbonyl (C=O) groups is 4. The maximum atomic E-state index is 14.4. The van der Waals surface area contributed by atoms with Crippen molar-refractivity contribution in [3.8, 4) is 22.4 Å². The number of carbonyl (C=O) groups excluding carboxylic acids is 4. The summed E-state index contributed by atoms with van der Waals surface area (Å²) in [6.45, 7) is 8.27. The number of hydrogen-bond acceptors (Lipinski definition) is 9. The van der Waals surface area contributed by atoms with Gasteiger partial charge in [0.05, 0.1) is 49.1 Å². The van der Waals surface area contributed by atoms with Crippen molar-refractivity contribution in [1.82, 2.24) is 40.4 Å². The highest BCUT2D eigenvalue weighted by atomic mass is 16.5. The number of alkyl carbamates (subject to hydrolysis) is 2. The van der Waals surface area contributed by atoms with Crippen molar-refractivity contribution in [2.24, 2.45) is 23.2 Å². The van der Waals surface area contributed by atoms with E-state index >= 15 is 0 Å². The van der Waals surface area contributed by atoms with Gasteiger partial charge in [0.25, 0.3) is 5.56 Å². The molecular weight excluding hydrogens is 813 g/mol. The third-order valence-corrected chi connectivity index (χ3v) is 14.3. The molecule has 64 heavy (non-hydrogen) atoms. The Hall–Kier alpha value is -6.25. The zero-order chi connectivity index (χ0) is 45.0. The molecule has 2 saturated heterocycles. The first-order chi connectivity index (χ1) is 30.8. The van der Waals surface area contributed by atoms with Crippen LogP contribution in [0.2, 0.25) is 0 Å². The van der Waals surface area contributed by atoms with E-state index in [9.17, 15) is 24.0 Å². The minimum Gasteiger partial charge on any atom is -0.453 e. The largest absolute Gasteiger partial charge is 0.453 e. The average molecular weight is 871 g/mol. The van der Waals surface area contributed by atoms with E-state index < -0.39 is 30.3 Å². The quantitative estimate of drug-likeness (QED) is 0.109. The Labute approximate surface area is 372 Å². The van der Waals surface area contributed by atoms with E-state index in [4.69, 9.17) is 19.4 Å². The summed E-state index contributed by atoms with van der Waals surface area (Å²) in [5.41, 5.74) is 4.07. The van der Waals surface area contributed by atoms with Crippen molar-refractivity contribution in [3.05, 3.63) is 82.8 Å². The highest BCUT2D eigenvalue weighted by molar-refractivity contribution is 5.92. The van der Waals surface area contributed by atoms with Gasteiger partial charge < -0.3 is 39.9 Å². The molecule has 2 aliphatic carbocycles. The fourth-order valence-electron chi connectivity index (χ4n) is 10.6. The number of fused-ring (bicyclic) bond motifs is 3. The molecule has 336 valence electrons. The number of likely N-dealkylation sites (tertiary alicyclic amines) is 2. The van der Waals surface area contributed by atoms with Gasteiger partial charge in [-0.2, -0.15) is 0 Å². The monoisotopic (exact) mass is 870 g/mol. The molecule has 4 amide bonds. The summed E-state index contributed by atoms with van der Waals surface area (Å²) in [6, 6.07) is 16.0. The van der Waals surface area contributed by atoms with Crippen LogP contribution in [0.5, 0.6) is 0 Å². The molecule has 2 saturated carbocycles. The number of nitrogens with one attached hydrogen (secondary N) is 4. The van der Waals surface area contributed by atoms with E-state index in [0.29, 0.717) is 29.7 Å². The van der Waals surface area contributed by atoms with Gasteiger partial charge in [-0.15, -0.1) is 0 Å². The van der Waals surface area contributed by atoms with Gasteiger partial charge in [0.1, 0.15) is 23.7 Å². The van der Waals surface area contributed by atoms with Crippen LogP contribution in [0.25, 0.3) is 44.1 Å².